The molecule has 9 heteroatoms. The monoisotopic (exact) mass is 403 g/mol. The molecule has 0 fully saturated rings. The van der Waals surface area contributed by atoms with Gasteiger partial charge in [0.15, 0.2) is 17.5 Å². The number of halogens is 2. The Bertz CT molecular complexity index is 574. The first-order chi connectivity index (χ1) is 13.6. The second-order valence-corrected chi connectivity index (χ2v) is 5.76. The van der Waals surface area contributed by atoms with Crippen LogP contribution in [-0.2, 0) is 15.9 Å². The predicted molar refractivity (Wildman–Crippen MR) is 105 cm³/mol. The Balaban J connectivity index is 2.45. The van der Waals surface area contributed by atoms with Crippen molar-refractivity contribution >= 4 is 5.96 Å². The average Bonchev–Trinajstić information content (AvgIpc) is 2.67. The van der Waals surface area contributed by atoms with E-state index in [-0.39, 0.29) is 11.5 Å². The average molecular weight is 403 g/mol. The van der Waals surface area contributed by atoms with Crippen molar-refractivity contribution in [2.24, 2.45) is 4.99 Å². The summed E-state index contributed by atoms with van der Waals surface area (Å²) in [7, 11) is 3.05. The zero-order chi connectivity index (χ0) is 20.6. The highest BCUT2D eigenvalue weighted by Crippen LogP contribution is 2.29. The molecule has 0 saturated carbocycles. The van der Waals surface area contributed by atoms with Crippen LogP contribution in [0.1, 0.15) is 18.9 Å². The fraction of sp³-hybridized carbons (Fsp3) is 0.632. The smallest absolute Gasteiger partial charge is 0.387 e. The van der Waals surface area contributed by atoms with Crippen molar-refractivity contribution in [1.82, 2.24) is 10.6 Å². The van der Waals surface area contributed by atoms with E-state index in [4.69, 9.17) is 14.2 Å². The number of alkyl halides is 2. The lowest BCUT2D eigenvalue weighted by molar-refractivity contribution is -0.0512. The summed E-state index contributed by atoms with van der Waals surface area (Å²) in [6.07, 6.45) is 1.43. The standard InChI is InChI=1S/C19H31F2N3O4/c1-4-22-19(23-9-5-11-27-13-12-25-2)24-10-8-15-6-7-16(26-3)17(14-15)28-18(20)21/h6-7,14,18H,4-5,8-13H2,1-3H3,(H2,22,23,24). The number of benzene rings is 1. The van der Waals surface area contributed by atoms with Crippen LogP contribution in [0.2, 0.25) is 0 Å². The minimum Gasteiger partial charge on any atom is -0.493 e. The molecule has 0 heterocycles. The molecule has 1 rings (SSSR count). The highest BCUT2D eigenvalue weighted by atomic mass is 19.3. The van der Waals surface area contributed by atoms with Crippen LogP contribution >= 0.6 is 0 Å². The molecule has 0 aliphatic heterocycles. The van der Waals surface area contributed by atoms with Crippen LogP contribution in [-0.4, -0.2) is 66.2 Å². The number of methoxy groups -OCH3 is 2. The van der Waals surface area contributed by atoms with Crippen LogP contribution in [0.15, 0.2) is 23.2 Å². The van der Waals surface area contributed by atoms with Gasteiger partial charge in [-0.25, -0.2) is 0 Å². The van der Waals surface area contributed by atoms with Crippen LogP contribution in [0.5, 0.6) is 11.5 Å². The summed E-state index contributed by atoms with van der Waals surface area (Å²) in [5, 5.41) is 6.40. The lowest BCUT2D eigenvalue weighted by atomic mass is 10.1. The van der Waals surface area contributed by atoms with Gasteiger partial charge in [-0.2, -0.15) is 8.78 Å². The molecule has 0 atom stereocenters. The second-order valence-electron chi connectivity index (χ2n) is 5.76. The zero-order valence-electron chi connectivity index (χ0n) is 16.8. The molecule has 0 saturated heterocycles. The Morgan fingerprint density at radius 2 is 1.93 bits per heavy atom. The molecule has 0 amide bonds. The summed E-state index contributed by atoms with van der Waals surface area (Å²) in [6.45, 7) is 2.86. The van der Waals surface area contributed by atoms with E-state index in [2.05, 4.69) is 20.4 Å². The van der Waals surface area contributed by atoms with Gasteiger partial charge in [-0.3, -0.25) is 4.99 Å². The Morgan fingerprint density at radius 3 is 2.61 bits per heavy atom. The van der Waals surface area contributed by atoms with Crippen LogP contribution in [0.3, 0.4) is 0 Å². The molecule has 1 aromatic rings. The SMILES string of the molecule is CCNC(=NCCCOCCOC)NCCc1ccc(OC)c(OC(F)F)c1. The minimum absolute atomic E-state index is 0.0315. The van der Waals surface area contributed by atoms with Gasteiger partial charge < -0.3 is 29.6 Å². The molecule has 0 aliphatic rings. The maximum Gasteiger partial charge on any atom is 0.387 e. The van der Waals surface area contributed by atoms with E-state index < -0.39 is 6.61 Å². The van der Waals surface area contributed by atoms with Gasteiger partial charge in [0.05, 0.1) is 20.3 Å². The first kappa shape index (κ1) is 23.9. The first-order valence-electron chi connectivity index (χ1n) is 9.31. The van der Waals surface area contributed by atoms with E-state index in [1.54, 1.807) is 19.2 Å². The molecular weight excluding hydrogens is 372 g/mol. The summed E-state index contributed by atoms with van der Waals surface area (Å²) in [6, 6.07) is 5.00. The van der Waals surface area contributed by atoms with Crippen molar-refractivity contribution in [3.05, 3.63) is 23.8 Å². The summed E-state index contributed by atoms with van der Waals surface area (Å²) < 4.78 is 44.9. The highest BCUT2D eigenvalue weighted by molar-refractivity contribution is 5.79. The van der Waals surface area contributed by atoms with Crippen LogP contribution in [0.25, 0.3) is 0 Å². The van der Waals surface area contributed by atoms with Gasteiger partial charge in [-0.15, -0.1) is 0 Å². The van der Waals surface area contributed by atoms with Gasteiger partial charge in [0.25, 0.3) is 0 Å². The molecular formula is C19H31F2N3O4. The van der Waals surface area contributed by atoms with E-state index in [1.807, 2.05) is 13.0 Å². The van der Waals surface area contributed by atoms with Gasteiger partial charge in [-0.1, -0.05) is 6.07 Å². The third kappa shape index (κ3) is 10.3. The van der Waals surface area contributed by atoms with E-state index in [1.165, 1.54) is 7.11 Å². The quantitative estimate of drug-likeness (QED) is 0.282. The number of nitrogens with zero attached hydrogens (tertiary/aromatic N) is 1. The Morgan fingerprint density at radius 1 is 1.11 bits per heavy atom. The van der Waals surface area contributed by atoms with Crippen LogP contribution in [0, 0.1) is 0 Å². The van der Waals surface area contributed by atoms with E-state index >= 15 is 0 Å². The lowest BCUT2D eigenvalue weighted by Crippen LogP contribution is -2.38. The molecule has 7 nitrogen and oxygen atoms in total. The van der Waals surface area contributed by atoms with Gasteiger partial charge in [0.2, 0.25) is 0 Å². The summed E-state index contributed by atoms with van der Waals surface area (Å²) in [5.74, 6) is 1.01. The van der Waals surface area contributed by atoms with Crippen molar-refractivity contribution in [2.45, 2.75) is 26.4 Å². The molecule has 1 aromatic carbocycles. The molecule has 0 radical (unpaired) electrons. The molecule has 0 aromatic heterocycles. The normalized spacial score (nSPS) is 11.6. The fourth-order valence-corrected chi connectivity index (χ4v) is 2.33. The molecule has 28 heavy (non-hydrogen) atoms. The molecule has 2 N–H and O–H groups in total. The molecule has 0 unspecified atom stereocenters. The molecule has 0 aliphatic carbocycles. The summed E-state index contributed by atoms with van der Waals surface area (Å²) >= 11 is 0. The van der Waals surface area contributed by atoms with Crippen molar-refractivity contribution in [1.29, 1.82) is 0 Å². The Labute approximate surface area is 165 Å². The number of guanidine groups is 1. The number of hydrogen-bond acceptors (Lipinski definition) is 5. The second kappa shape index (κ2) is 14.9. The number of ether oxygens (including phenoxy) is 4. The zero-order valence-corrected chi connectivity index (χ0v) is 16.8. The topological polar surface area (TPSA) is 73.3 Å². The molecule has 160 valence electrons. The number of hydrogen-bond donors (Lipinski definition) is 2. The van der Waals surface area contributed by atoms with Gasteiger partial charge >= 0.3 is 6.61 Å². The minimum atomic E-state index is -2.90. The van der Waals surface area contributed by atoms with Crippen LogP contribution < -0.4 is 20.1 Å². The predicted octanol–water partition coefficient (Wildman–Crippen LogP) is 2.45. The maximum absolute atomic E-state index is 12.5. The highest BCUT2D eigenvalue weighted by Gasteiger charge is 2.11. The number of nitrogens with one attached hydrogen (secondary N) is 2. The number of aliphatic imine (C=N–C) groups is 1. The third-order valence-corrected chi connectivity index (χ3v) is 3.64. The van der Waals surface area contributed by atoms with Gasteiger partial charge in [0.1, 0.15) is 0 Å². The first-order valence-corrected chi connectivity index (χ1v) is 9.31. The third-order valence-electron chi connectivity index (χ3n) is 3.64. The van der Waals surface area contributed by atoms with Crippen LogP contribution in [0.4, 0.5) is 8.78 Å². The van der Waals surface area contributed by atoms with E-state index in [9.17, 15) is 8.78 Å². The summed E-state index contributed by atoms with van der Waals surface area (Å²) in [5.41, 5.74) is 0.853. The van der Waals surface area contributed by atoms with Crippen molar-refractivity contribution < 1.29 is 27.7 Å². The Hall–Kier alpha value is -2.13. The molecule has 0 spiro atoms. The number of rotatable bonds is 14. The van der Waals surface area contributed by atoms with E-state index in [0.29, 0.717) is 45.3 Å². The van der Waals surface area contributed by atoms with Crippen molar-refractivity contribution in [3.63, 3.8) is 0 Å². The Kier molecular flexibility index (Phi) is 12.7. The maximum atomic E-state index is 12.5. The fourth-order valence-electron chi connectivity index (χ4n) is 2.33. The van der Waals surface area contributed by atoms with Gasteiger partial charge in [0, 0.05) is 33.4 Å². The molecule has 0 bridgehead atoms. The van der Waals surface area contributed by atoms with Crippen molar-refractivity contribution in [3.8, 4) is 11.5 Å². The van der Waals surface area contributed by atoms with Gasteiger partial charge in [-0.05, 0) is 37.5 Å². The van der Waals surface area contributed by atoms with Crippen molar-refractivity contribution in [2.75, 3.05) is 53.7 Å². The summed E-state index contributed by atoms with van der Waals surface area (Å²) in [4.78, 5) is 4.49. The van der Waals surface area contributed by atoms with E-state index in [0.717, 1.165) is 18.5 Å². The largest absolute Gasteiger partial charge is 0.493 e. The lowest BCUT2D eigenvalue weighted by Gasteiger charge is -2.13.